The number of esters is 1. The summed E-state index contributed by atoms with van der Waals surface area (Å²) < 4.78 is 18.5. The van der Waals surface area contributed by atoms with Gasteiger partial charge in [-0.15, -0.1) is 0 Å². The quantitative estimate of drug-likeness (QED) is 0.842. The normalized spacial score (nSPS) is 14.3. The van der Waals surface area contributed by atoms with Crippen molar-refractivity contribution in [2.75, 3.05) is 13.7 Å². The second-order valence-corrected chi connectivity index (χ2v) is 5.87. The molecule has 0 fully saturated rings. The van der Waals surface area contributed by atoms with Gasteiger partial charge in [0.2, 0.25) is 0 Å². The summed E-state index contributed by atoms with van der Waals surface area (Å²) >= 11 is 3.13. The van der Waals surface area contributed by atoms with Crippen molar-refractivity contribution < 1.29 is 13.9 Å². The van der Waals surface area contributed by atoms with E-state index in [9.17, 15) is 9.18 Å². The largest absolute Gasteiger partial charge is 0.467 e. The summed E-state index contributed by atoms with van der Waals surface area (Å²) in [7, 11) is 1.34. The number of rotatable bonds is 5. The van der Waals surface area contributed by atoms with Crippen molar-refractivity contribution in [1.82, 2.24) is 5.32 Å². The lowest BCUT2D eigenvalue weighted by atomic mass is 9.91. The highest BCUT2D eigenvalue weighted by molar-refractivity contribution is 9.10. The van der Waals surface area contributed by atoms with Gasteiger partial charge >= 0.3 is 5.97 Å². The van der Waals surface area contributed by atoms with Gasteiger partial charge in [0.25, 0.3) is 0 Å². The topological polar surface area (TPSA) is 38.3 Å². The van der Waals surface area contributed by atoms with Gasteiger partial charge in [-0.1, -0.05) is 19.9 Å². The minimum atomic E-state index is -0.991. The van der Waals surface area contributed by atoms with Crippen molar-refractivity contribution in [3.8, 4) is 0 Å². The first-order valence-corrected chi connectivity index (χ1v) is 6.89. The van der Waals surface area contributed by atoms with Crippen LogP contribution in [0.25, 0.3) is 0 Å². The maximum atomic E-state index is 13.3. The van der Waals surface area contributed by atoms with Gasteiger partial charge < -0.3 is 4.74 Å². The minimum absolute atomic E-state index is 0.325. The van der Waals surface area contributed by atoms with Gasteiger partial charge in [0.1, 0.15) is 11.4 Å². The summed E-state index contributed by atoms with van der Waals surface area (Å²) in [6, 6.07) is 4.52. The lowest BCUT2D eigenvalue weighted by Gasteiger charge is -2.29. The third-order valence-corrected chi connectivity index (χ3v) is 3.56. The molecule has 0 aliphatic rings. The average Bonchev–Trinajstić information content (AvgIpc) is 2.38. The van der Waals surface area contributed by atoms with E-state index in [0.29, 0.717) is 22.5 Å². The molecule has 0 amide bonds. The van der Waals surface area contributed by atoms with Crippen LogP contribution in [0.3, 0.4) is 0 Å². The zero-order valence-electron chi connectivity index (χ0n) is 11.6. The third-order valence-electron chi connectivity index (χ3n) is 2.95. The Morgan fingerprint density at radius 2 is 2.16 bits per heavy atom. The number of nitrogens with one attached hydrogen (secondary N) is 1. The fraction of sp³-hybridized carbons (Fsp3) is 0.500. The summed E-state index contributed by atoms with van der Waals surface area (Å²) in [4.78, 5) is 12.0. The van der Waals surface area contributed by atoms with E-state index in [1.54, 1.807) is 19.1 Å². The molecule has 5 heteroatoms. The first kappa shape index (κ1) is 16.1. The Morgan fingerprint density at radius 3 is 2.63 bits per heavy atom. The molecule has 3 nitrogen and oxygen atoms in total. The van der Waals surface area contributed by atoms with E-state index in [1.165, 1.54) is 13.2 Å². The summed E-state index contributed by atoms with van der Waals surface area (Å²) in [6.07, 6.45) is 0. The van der Waals surface area contributed by atoms with E-state index in [-0.39, 0.29) is 5.82 Å². The second-order valence-electron chi connectivity index (χ2n) is 5.02. The fourth-order valence-corrected chi connectivity index (χ4v) is 2.09. The predicted octanol–water partition coefficient (Wildman–Crippen LogP) is 3.22. The Kier molecular flexibility index (Phi) is 5.50. The standard InChI is InChI=1S/C14H19BrFNO2/c1-9(2)8-17-14(3,13(18)19-4)10-5-6-12(16)11(15)7-10/h5-7,9,17H,8H2,1-4H3. The Morgan fingerprint density at radius 1 is 1.53 bits per heavy atom. The van der Waals surface area contributed by atoms with Crippen LogP contribution in [0, 0.1) is 11.7 Å². The molecule has 1 N–H and O–H groups in total. The van der Waals surface area contributed by atoms with Crippen LogP contribution in [0.2, 0.25) is 0 Å². The molecule has 1 atom stereocenters. The molecule has 0 radical (unpaired) electrons. The molecule has 0 aliphatic heterocycles. The molecular formula is C14H19BrFNO2. The molecule has 19 heavy (non-hydrogen) atoms. The number of ether oxygens (including phenoxy) is 1. The maximum absolute atomic E-state index is 13.3. The van der Waals surface area contributed by atoms with Crippen LogP contribution in [0.15, 0.2) is 22.7 Å². The van der Waals surface area contributed by atoms with Crippen molar-refractivity contribution in [3.63, 3.8) is 0 Å². The molecular weight excluding hydrogens is 313 g/mol. The molecule has 0 aliphatic carbocycles. The minimum Gasteiger partial charge on any atom is -0.467 e. The van der Waals surface area contributed by atoms with Gasteiger partial charge in [-0.3, -0.25) is 5.32 Å². The van der Waals surface area contributed by atoms with Crippen LogP contribution >= 0.6 is 15.9 Å². The van der Waals surface area contributed by atoms with E-state index >= 15 is 0 Å². The van der Waals surface area contributed by atoms with Gasteiger partial charge in [-0.05, 0) is 53.0 Å². The third kappa shape index (κ3) is 3.76. The van der Waals surface area contributed by atoms with Crippen LogP contribution < -0.4 is 5.32 Å². The molecule has 106 valence electrons. The van der Waals surface area contributed by atoms with Crippen LogP contribution in [0.5, 0.6) is 0 Å². The highest BCUT2D eigenvalue weighted by atomic mass is 79.9. The Balaban J connectivity index is 3.14. The number of carbonyl (C=O) groups excluding carboxylic acids is 1. The average molecular weight is 332 g/mol. The molecule has 1 aromatic carbocycles. The van der Waals surface area contributed by atoms with E-state index < -0.39 is 11.5 Å². The maximum Gasteiger partial charge on any atom is 0.330 e. The Bertz CT molecular complexity index is 465. The van der Waals surface area contributed by atoms with E-state index in [4.69, 9.17) is 4.74 Å². The predicted molar refractivity (Wildman–Crippen MR) is 76.3 cm³/mol. The van der Waals surface area contributed by atoms with Crippen molar-refractivity contribution in [1.29, 1.82) is 0 Å². The van der Waals surface area contributed by atoms with Crippen LogP contribution in [0.4, 0.5) is 4.39 Å². The number of benzene rings is 1. The van der Waals surface area contributed by atoms with Gasteiger partial charge in [0.05, 0.1) is 11.6 Å². The molecule has 0 spiro atoms. The van der Waals surface area contributed by atoms with Crippen molar-refractivity contribution in [3.05, 3.63) is 34.1 Å². The number of hydrogen-bond donors (Lipinski definition) is 1. The monoisotopic (exact) mass is 331 g/mol. The summed E-state index contributed by atoms with van der Waals surface area (Å²) in [5.74, 6) is -0.376. The summed E-state index contributed by atoms with van der Waals surface area (Å²) in [5.41, 5.74) is -0.330. The Labute approximate surface area is 121 Å². The molecule has 1 aromatic rings. The second kappa shape index (κ2) is 6.48. The molecule has 0 saturated heterocycles. The fourth-order valence-electron chi connectivity index (χ4n) is 1.71. The molecule has 1 rings (SSSR count). The van der Waals surface area contributed by atoms with E-state index in [1.807, 2.05) is 13.8 Å². The molecule has 0 aromatic heterocycles. The lowest BCUT2D eigenvalue weighted by Crippen LogP contribution is -2.48. The molecule has 0 saturated carbocycles. The lowest BCUT2D eigenvalue weighted by molar-refractivity contribution is -0.148. The van der Waals surface area contributed by atoms with Crippen molar-refractivity contribution in [2.45, 2.75) is 26.3 Å². The first-order valence-electron chi connectivity index (χ1n) is 6.10. The molecule has 0 bridgehead atoms. The smallest absolute Gasteiger partial charge is 0.330 e. The SMILES string of the molecule is COC(=O)C(C)(NCC(C)C)c1ccc(F)c(Br)c1. The van der Waals surface area contributed by atoms with Gasteiger partial charge in [-0.2, -0.15) is 0 Å². The zero-order valence-corrected chi connectivity index (χ0v) is 13.2. The van der Waals surface area contributed by atoms with E-state index in [0.717, 1.165) is 0 Å². The van der Waals surface area contributed by atoms with Crippen molar-refractivity contribution >= 4 is 21.9 Å². The van der Waals surface area contributed by atoms with Crippen molar-refractivity contribution in [2.24, 2.45) is 5.92 Å². The number of hydrogen-bond acceptors (Lipinski definition) is 3. The van der Waals surface area contributed by atoms with Crippen LogP contribution in [-0.2, 0) is 15.1 Å². The molecule has 1 unspecified atom stereocenters. The summed E-state index contributed by atoms with van der Waals surface area (Å²) in [6.45, 7) is 6.48. The van der Waals surface area contributed by atoms with Gasteiger partial charge in [-0.25, -0.2) is 9.18 Å². The first-order chi connectivity index (χ1) is 8.81. The number of carbonyl (C=O) groups is 1. The van der Waals surface area contributed by atoms with Gasteiger partial charge in [0.15, 0.2) is 0 Å². The highest BCUT2D eigenvalue weighted by Gasteiger charge is 2.36. The van der Waals surface area contributed by atoms with E-state index in [2.05, 4.69) is 21.2 Å². The summed E-state index contributed by atoms with van der Waals surface area (Å²) in [5, 5.41) is 3.19. The Hall–Kier alpha value is -0.940. The number of methoxy groups -OCH3 is 1. The molecule has 0 heterocycles. The zero-order chi connectivity index (χ0) is 14.6. The van der Waals surface area contributed by atoms with Gasteiger partial charge in [0, 0.05) is 0 Å². The van der Waals surface area contributed by atoms with Crippen LogP contribution in [-0.4, -0.2) is 19.6 Å². The highest BCUT2D eigenvalue weighted by Crippen LogP contribution is 2.27. The number of halogens is 2. The van der Waals surface area contributed by atoms with Crippen LogP contribution in [0.1, 0.15) is 26.3 Å².